The fourth-order valence-corrected chi connectivity index (χ4v) is 3.49. The highest BCUT2D eigenvalue weighted by molar-refractivity contribution is 5.81. The quantitative estimate of drug-likeness (QED) is 0.720. The molecule has 0 saturated carbocycles. The molecule has 0 spiro atoms. The maximum Gasteiger partial charge on any atom is 0.251 e. The molecule has 1 fully saturated rings. The van der Waals surface area contributed by atoms with E-state index in [4.69, 9.17) is 14.7 Å². The van der Waals surface area contributed by atoms with Crippen LogP contribution >= 0.6 is 0 Å². The van der Waals surface area contributed by atoms with Crippen LogP contribution in [0.15, 0.2) is 42.5 Å². The van der Waals surface area contributed by atoms with E-state index in [9.17, 15) is 14.4 Å². The van der Waals surface area contributed by atoms with Crippen molar-refractivity contribution in [1.82, 2.24) is 10.6 Å². The first-order valence-electron chi connectivity index (χ1n) is 10.4. The second kappa shape index (κ2) is 11.4. The molecule has 1 saturated heterocycles. The van der Waals surface area contributed by atoms with Crippen LogP contribution in [-0.2, 0) is 20.7 Å². The second-order valence-corrected chi connectivity index (χ2v) is 7.55. The lowest BCUT2D eigenvalue weighted by Gasteiger charge is -2.25. The maximum absolute atomic E-state index is 14.7. The van der Waals surface area contributed by atoms with Crippen LogP contribution in [0.2, 0.25) is 0 Å². The Morgan fingerprint density at radius 3 is 2.66 bits per heavy atom. The van der Waals surface area contributed by atoms with E-state index in [2.05, 4.69) is 10.6 Å². The number of benzene rings is 2. The van der Waals surface area contributed by atoms with Crippen LogP contribution < -0.4 is 10.6 Å². The van der Waals surface area contributed by atoms with Crippen LogP contribution in [0.3, 0.4) is 0 Å². The van der Waals surface area contributed by atoms with Crippen molar-refractivity contribution in [3.63, 3.8) is 0 Å². The van der Waals surface area contributed by atoms with Gasteiger partial charge in [0.2, 0.25) is 0 Å². The maximum atomic E-state index is 14.7. The summed E-state index contributed by atoms with van der Waals surface area (Å²) in [6.07, 6.45) is -0.00677. The first-order chi connectivity index (χ1) is 15.5. The lowest BCUT2D eigenvalue weighted by molar-refractivity contribution is -0.134. The van der Waals surface area contributed by atoms with E-state index in [1.807, 2.05) is 12.1 Å². The Hall–Kier alpha value is -3.30. The third-order valence-electron chi connectivity index (χ3n) is 5.38. The van der Waals surface area contributed by atoms with Crippen LogP contribution in [-0.4, -0.2) is 51.0 Å². The minimum absolute atomic E-state index is 0.0288. The van der Waals surface area contributed by atoms with Gasteiger partial charge in [-0.3, -0.25) is 4.79 Å². The van der Waals surface area contributed by atoms with Gasteiger partial charge in [0.15, 0.2) is 0 Å². The van der Waals surface area contributed by atoms with Gasteiger partial charge in [-0.15, -0.1) is 0 Å². The van der Waals surface area contributed by atoms with Crippen LogP contribution in [0.25, 0.3) is 11.1 Å². The summed E-state index contributed by atoms with van der Waals surface area (Å²) in [5, 5.41) is 24.2. The van der Waals surface area contributed by atoms with E-state index in [0.717, 1.165) is 5.56 Å². The minimum atomic E-state index is -0.890. The molecular formula is C24H25FN4O3. The normalized spacial score (nSPS) is 19.6. The van der Waals surface area contributed by atoms with Crippen molar-refractivity contribution < 1.29 is 18.7 Å². The number of rotatable bonds is 6. The van der Waals surface area contributed by atoms with Crippen LogP contribution in [0.5, 0.6) is 0 Å². The molecule has 1 aliphatic heterocycles. The molecule has 3 rings (SSSR count). The average molecular weight is 436 g/mol. The van der Waals surface area contributed by atoms with Gasteiger partial charge < -0.3 is 20.1 Å². The highest BCUT2D eigenvalue weighted by Gasteiger charge is 2.25. The summed E-state index contributed by atoms with van der Waals surface area (Å²) in [4.78, 5) is 12.6. The number of carbonyl (C=O) groups is 1. The lowest BCUT2D eigenvalue weighted by atomic mass is 9.99. The van der Waals surface area contributed by atoms with Gasteiger partial charge in [0.25, 0.3) is 5.91 Å². The number of carbonyl (C=O) groups excluding carboxylic acids is 1. The number of hydrogen-bond donors (Lipinski definition) is 2. The van der Waals surface area contributed by atoms with Gasteiger partial charge in [0, 0.05) is 26.6 Å². The van der Waals surface area contributed by atoms with Crippen molar-refractivity contribution in [2.24, 2.45) is 0 Å². The van der Waals surface area contributed by atoms with E-state index in [1.54, 1.807) is 43.5 Å². The molecule has 0 radical (unpaired) electrons. The zero-order chi connectivity index (χ0) is 22.9. The summed E-state index contributed by atoms with van der Waals surface area (Å²) in [6.45, 7) is 1.29. The number of ether oxygens (including phenoxy) is 2. The molecule has 8 heteroatoms. The number of nitriles is 2. The average Bonchev–Trinajstić information content (AvgIpc) is 2.79. The largest absolute Gasteiger partial charge is 0.380 e. The number of nitrogens with one attached hydrogen (secondary N) is 2. The molecule has 1 amide bonds. The van der Waals surface area contributed by atoms with E-state index in [1.165, 1.54) is 6.07 Å². The van der Waals surface area contributed by atoms with E-state index in [0.29, 0.717) is 42.8 Å². The molecule has 0 aliphatic carbocycles. The lowest BCUT2D eigenvalue weighted by Crippen LogP contribution is -2.49. The SMILES string of the molecule is CO[C@H]1CCO[C@H](C(=O)N[C@H](C#N)Cc2ccc(-c3ccc(C#N)cc3)cc2F)CNC1. The summed E-state index contributed by atoms with van der Waals surface area (Å²) < 4.78 is 25.6. The van der Waals surface area contributed by atoms with Crippen molar-refractivity contribution in [2.45, 2.75) is 31.1 Å². The fourth-order valence-electron chi connectivity index (χ4n) is 3.49. The molecule has 0 unspecified atom stereocenters. The molecular weight excluding hydrogens is 411 g/mol. The Labute approximate surface area is 186 Å². The molecule has 1 aliphatic rings. The van der Waals surface area contributed by atoms with E-state index < -0.39 is 23.9 Å². The van der Waals surface area contributed by atoms with Crippen molar-refractivity contribution in [1.29, 1.82) is 10.5 Å². The van der Waals surface area contributed by atoms with Crippen molar-refractivity contribution in [3.8, 4) is 23.3 Å². The summed E-state index contributed by atoms with van der Waals surface area (Å²) >= 11 is 0. The van der Waals surface area contributed by atoms with Crippen molar-refractivity contribution in [3.05, 3.63) is 59.4 Å². The summed E-state index contributed by atoms with van der Waals surface area (Å²) in [5.74, 6) is -0.870. The zero-order valence-electron chi connectivity index (χ0n) is 17.8. The standard InChI is InChI=1S/C24H25FN4O3/c1-31-21-8-9-32-23(15-28-14-21)24(30)29-20(13-27)10-19-7-6-18(11-22(19)25)17-4-2-16(12-26)3-5-17/h2-7,11,20-21,23,28H,8-10,14-15H2,1H3,(H,29,30)/t20-,21-,23-/m0/s1. The van der Waals surface area contributed by atoms with E-state index in [-0.39, 0.29) is 12.5 Å². The number of nitrogens with zero attached hydrogens (tertiary/aromatic N) is 2. The summed E-state index contributed by atoms with van der Waals surface area (Å²) in [6, 6.07) is 14.8. The molecule has 0 aromatic heterocycles. The van der Waals surface area contributed by atoms with Gasteiger partial charge in [-0.25, -0.2) is 4.39 Å². The molecule has 2 N–H and O–H groups in total. The molecule has 7 nitrogen and oxygen atoms in total. The van der Waals surface area contributed by atoms with Gasteiger partial charge >= 0.3 is 0 Å². The highest BCUT2D eigenvalue weighted by Crippen LogP contribution is 2.23. The first-order valence-corrected chi connectivity index (χ1v) is 10.4. The van der Waals surface area contributed by atoms with Crippen molar-refractivity contribution in [2.75, 3.05) is 26.8 Å². The number of hydrogen-bond acceptors (Lipinski definition) is 6. The monoisotopic (exact) mass is 436 g/mol. The van der Waals surface area contributed by atoms with Crippen molar-refractivity contribution >= 4 is 5.91 Å². The number of amides is 1. The first kappa shape index (κ1) is 23.4. The third kappa shape index (κ3) is 6.12. The smallest absolute Gasteiger partial charge is 0.251 e. The highest BCUT2D eigenvalue weighted by atomic mass is 19.1. The van der Waals surface area contributed by atoms with Gasteiger partial charge in [-0.2, -0.15) is 10.5 Å². The van der Waals surface area contributed by atoms with Crippen LogP contribution in [0, 0.1) is 28.5 Å². The summed E-state index contributed by atoms with van der Waals surface area (Å²) in [7, 11) is 1.63. The predicted octanol–water partition coefficient (Wildman–Crippen LogP) is 2.31. The predicted molar refractivity (Wildman–Crippen MR) is 116 cm³/mol. The fraction of sp³-hybridized carbons (Fsp3) is 0.375. The molecule has 3 atom stereocenters. The minimum Gasteiger partial charge on any atom is -0.380 e. The van der Waals surface area contributed by atoms with Crippen LogP contribution in [0.1, 0.15) is 17.5 Å². The molecule has 0 bridgehead atoms. The molecule has 32 heavy (non-hydrogen) atoms. The molecule has 2 aromatic rings. The Balaban J connectivity index is 1.61. The Bertz CT molecular complexity index is 1000. The van der Waals surface area contributed by atoms with Gasteiger partial charge in [-0.05, 0) is 41.3 Å². The Kier molecular flexibility index (Phi) is 8.29. The molecule has 2 aromatic carbocycles. The second-order valence-electron chi connectivity index (χ2n) is 7.55. The van der Waals surface area contributed by atoms with Gasteiger partial charge in [0.1, 0.15) is 18.0 Å². The zero-order valence-corrected chi connectivity index (χ0v) is 17.8. The Morgan fingerprint density at radius 1 is 1.25 bits per heavy atom. The molecule has 166 valence electrons. The number of methoxy groups -OCH3 is 1. The topological polar surface area (TPSA) is 107 Å². The third-order valence-corrected chi connectivity index (χ3v) is 5.38. The van der Waals surface area contributed by atoms with Gasteiger partial charge in [-0.1, -0.05) is 24.3 Å². The summed E-state index contributed by atoms with van der Waals surface area (Å²) in [5.41, 5.74) is 2.30. The Morgan fingerprint density at radius 2 is 2.00 bits per heavy atom. The van der Waals surface area contributed by atoms with E-state index >= 15 is 0 Å². The van der Waals surface area contributed by atoms with Crippen LogP contribution in [0.4, 0.5) is 4.39 Å². The van der Waals surface area contributed by atoms with Gasteiger partial charge in [0.05, 0.1) is 30.4 Å². The molecule has 1 heterocycles. The number of halogens is 1.